The van der Waals surface area contributed by atoms with Crippen molar-refractivity contribution in [3.63, 3.8) is 0 Å². The molecule has 32 heavy (non-hydrogen) atoms. The van der Waals surface area contributed by atoms with E-state index in [9.17, 15) is 0 Å². The van der Waals surface area contributed by atoms with Gasteiger partial charge in [-0.2, -0.15) is 0 Å². The lowest BCUT2D eigenvalue weighted by molar-refractivity contribution is 0.0342. The molecule has 1 saturated heterocycles. The molecule has 6 nitrogen and oxygen atoms in total. The monoisotopic (exact) mass is 544 g/mol. The number of anilines is 1. The number of morpholine rings is 1. The first-order valence-corrected chi connectivity index (χ1v) is 10.5. The Morgan fingerprint density at radius 2 is 1.62 bits per heavy atom. The van der Waals surface area contributed by atoms with Gasteiger partial charge in [0.1, 0.15) is 11.5 Å². The number of guanidine groups is 1. The summed E-state index contributed by atoms with van der Waals surface area (Å²) < 4.78 is 11.3. The van der Waals surface area contributed by atoms with Crippen molar-refractivity contribution in [2.75, 3.05) is 31.6 Å². The quantitative estimate of drug-likeness (QED) is 0.253. The highest BCUT2D eigenvalue weighted by Gasteiger charge is 2.10. The molecule has 0 unspecified atom stereocenters. The molecule has 0 amide bonds. The fourth-order valence-corrected chi connectivity index (χ4v) is 3.47. The Kier molecular flexibility index (Phi) is 9.33. The van der Waals surface area contributed by atoms with E-state index in [1.54, 1.807) is 0 Å². The van der Waals surface area contributed by atoms with E-state index in [2.05, 4.69) is 39.5 Å². The normalized spacial score (nSPS) is 14.4. The van der Waals surface area contributed by atoms with Gasteiger partial charge in [-0.05, 0) is 35.4 Å². The fourth-order valence-electron chi connectivity index (χ4n) is 3.47. The van der Waals surface area contributed by atoms with E-state index in [1.807, 2.05) is 54.6 Å². The Labute approximate surface area is 206 Å². The molecule has 0 atom stereocenters. The van der Waals surface area contributed by atoms with E-state index in [4.69, 9.17) is 15.2 Å². The van der Waals surface area contributed by atoms with Crippen LogP contribution in [0.1, 0.15) is 11.1 Å². The SMILES string of the molecule is I.NC(=NCc1cccc(CN2CCOCC2)c1)Nc1cccc(Oc2ccccc2)c1. The second-order valence-corrected chi connectivity index (χ2v) is 7.48. The zero-order chi connectivity index (χ0) is 21.3. The summed E-state index contributed by atoms with van der Waals surface area (Å²) in [5, 5.41) is 3.14. The number of aliphatic imine (C=N–C) groups is 1. The Balaban J connectivity index is 0.00000289. The number of nitrogens with two attached hydrogens (primary N) is 1. The second-order valence-electron chi connectivity index (χ2n) is 7.48. The minimum absolute atomic E-state index is 0. The number of benzene rings is 3. The topological polar surface area (TPSA) is 72.1 Å². The van der Waals surface area contributed by atoms with Crippen molar-refractivity contribution < 1.29 is 9.47 Å². The zero-order valence-electron chi connectivity index (χ0n) is 17.9. The van der Waals surface area contributed by atoms with Crippen LogP contribution in [0.2, 0.25) is 0 Å². The minimum Gasteiger partial charge on any atom is -0.457 e. The number of nitrogens with zero attached hydrogens (tertiary/aromatic N) is 2. The minimum atomic E-state index is 0. The van der Waals surface area contributed by atoms with Gasteiger partial charge < -0.3 is 20.5 Å². The Morgan fingerprint density at radius 1 is 0.906 bits per heavy atom. The number of halogens is 1. The average Bonchev–Trinajstić information content (AvgIpc) is 2.80. The van der Waals surface area contributed by atoms with Crippen LogP contribution < -0.4 is 15.8 Å². The van der Waals surface area contributed by atoms with E-state index < -0.39 is 0 Å². The van der Waals surface area contributed by atoms with Crippen molar-refractivity contribution in [1.29, 1.82) is 0 Å². The molecular weight excluding hydrogens is 515 g/mol. The number of nitrogens with one attached hydrogen (secondary N) is 1. The third kappa shape index (κ3) is 7.51. The van der Waals surface area contributed by atoms with Crippen molar-refractivity contribution in [2.24, 2.45) is 10.7 Å². The third-order valence-electron chi connectivity index (χ3n) is 5.02. The number of hydrogen-bond donors (Lipinski definition) is 2. The van der Waals surface area contributed by atoms with Crippen LogP contribution in [0.3, 0.4) is 0 Å². The Morgan fingerprint density at radius 3 is 2.44 bits per heavy atom. The van der Waals surface area contributed by atoms with Crippen LogP contribution in [0.15, 0.2) is 83.9 Å². The van der Waals surface area contributed by atoms with Crippen LogP contribution in [-0.2, 0) is 17.8 Å². The Hall–Kier alpha value is -2.62. The molecule has 0 aliphatic carbocycles. The molecule has 1 fully saturated rings. The maximum Gasteiger partial charge on any atom is 0.193 e. The lowest BCUT2D eigenvalue weighted by Crippen LogP contribution is -2.35. The second kappa shape index (κ2) is 12.4. The third-order valence-corrected chi connectivity index (χ3v) is 5.02. The molecule has 3 aromatic carbocycles. The molecule has 0 aromatic heterocycles. The van der Waals surface area contributed by atoms with Crippen LogP contribution >= 0.6 is 24.0 Å². The van der Waals surface area contributed by atoms with Crippen LogP contribution in [0, 0.1) is 0 Å². The van der Waals surface area contributed by atoms with Gasteiger partial charge in [-0.15, -0.1) is 24.0 Å². The smallest absolute Gasteiger partial charge is 0.193 e. The average molecular weight is 544 g/mol. The molecule has 168 valence electrons. The van der Waals surface area contributed by atoms with Gasteiger partial charge in [-0.25, -0.2) is 4.99 Å². The molecule has 1 aliphatic heterocycles. The van der Waals surface area contributed by atoms with Gasteiger partial charge in [-0.1, -0.05) is 48.5 Å². The predicted octanol–water partition coefficient (Wildman–Crippen LogP) is 4.86. The van der Waals surface area contributed by atoms with E-state index >= 15 is 0 Å². The van der Waals surface area contributed by atoms with Gasteiger partial charge in [0.25, 0.3) is 0 Å². The molecule has 3 aromatic rings. The summed E-state index contributed by atoms with van der Waals surface area (Å²) in [4.78, 5) is 6.91. The molecule has 7 heteroatoms. The van der Waals surface area contributed by atoms with Crippen molar-refractivity contribution in [3.8, 4) is 11.5 Å². The summed E-state index contributed by atoms with van der Waals surface area (Å²) in [5.41, 5.74) is 9.37. The standard InChI is InChI=1S/C25H28N4O2.HI/c26-25(28-22-8-5-11-24(17-22)31-23-9-2-1-3-10-23)27-18-20-6-4-7-21(16-20)19-29-12-14-30-15-13-29;/h1-11,16-17H,12-15,18-19H2,(H3,26,27,28);1H. The van der Waals surface area contributed by atoms with Crippen molar-refractivity contribution in [3.05, 3.63) is 90.0 Å². The van der Waals surface area contributed by atoms with Crippen LogP contribution in [0.25, 0.3) is 0 Å². The molecule has 1 heterocycles. The molecule has 1 aliphatic rings. The molecular formula is C25H29IN4O2. The Bertz CT molecular complexity index is 1010. The highest BCUT2D eigenvalue weighted by atomic mass is 127. The van der Waals surface area contributed by atoms with Gasteiger partial charge in [0.05, 0.1) is 19.8 Å². The van der Waals surface area contributed by atoms with Crippen LogP contribution in [-0.4, -0.2) is 37.2 Å². The number of ether oxygens (including phenoxy) is 2. The molecule has 0 bridgehead atoms. The maximum absolute atomic E-state index is 6.12. The summed E-state index contributed by atoms with van der Waals surface area (Å²) >= 11 is 0. The summed E-state index contributed by atoms with van der Waals surface area (Å²) in [6, 6.07) is 25.9. The molecule has 0 spiro atoms. The zero-order valence-corrected chi connectivity index (χ0v) is 20.3. The molecule has 4 rings (SSSR count). The summed E-state index contributed by atoms with van der Waals surface area (Å²) in [6.07, 6.45) is 0. The lowest BCUT2D eigenvalue weighted by Gasteiger charge is -2.26. The number of hydrogen-bond acceptors (Lipinski definition) is 4. The summed E-state index contributed by atoms with van der Waals surface area (Å²) in [7, 11) is 0. The van der Waals surface area contributed by atoms with Crippen LogP contribution in [0.4, 0.5) is 5.69 Å². The predicted molar refractivity (Wildman–Crippen MR) is 140 cm³/mol. The molecule has 3 N–H and O–H groups in total. The van der Waals surface area contributed by atoms with E-state index in [0.29, 0.717) is 12.5 Å². The van der Waals surface area contributed by atoms with E-state index in [-0.39, 0.29) is 24.0 Å². The van der Waals surface area contributed by atoms with Gasteiger partial charge >= 0.3 is 0 Å². The van der Waals surface area contributed by atoms with Crippen molar-refractivity contribution in [1.82, 2.24) is 4.90 Å². The maximum atomic E-state index is 6.12. The van der Waals surface area contributed by atoms with E-state index in [0.717, 1.165) is 55.6 Å². The highest BCUT2D eigenvalue weighted by molar-refractivity contribution is 14.0. The number of para-hydroxylation sites is 1. The first kappa shape index (κ1) is 24.0. The molecule has 0 saturated carbocycles. The summed E-state index contributed by atoms with van der Waals surface area (Å²) in [5.74, 6) is 1.90. The lowest BCUT2D eigenvalue weighted by atomic mass is 10.1. The highest BCUT2D eigenvalue weighted by Crippen LogP contribution is 2.23. The first-order chi connectivity index (χ1) is 15.2. The summed E-state index contributed by atoms with van der Waals surface area (Å²) in [6.45, 7) is 5.03. The van der Waals surface area contributed by atoms with Gasteiger partial charge in [0, 0.05) is 31.4 Å². The van der Waals surface area contributed by atoms with E-state index in [1.165, 1.54) is 5.56 Å². The van der Waals surface area contributed by atoms with Crippen molar-refractivity contribution in [2.45, 2.75) is 13.1 Å². The first-order valence-electron chi connectivity index (χ1n) is 10.5. The van der Waals surface area contributed by atoms with Crippen molar-refractivity contribution >= 4 is 35.6 Å². The number of rotatable bonds is 7. The van der Waals surface area contributed by atoms with Crippen LogP contribution in [0.5, 0.6) is 11.5 Å². The largest absolute Gasteiger partial charge is 0.457 e. The molecule has 0 radical (unpaired) electrons. The fraction of sp³-hybridized carbons (Fsp3) is 0.240. The van der Waals surface area contributed by atoms with Gasteiger partial charge in [0.2, 0.25) is 0 Å². The van der Waals surface area contributed by atoms with Gasteiger partial charge in [0.15, 0.2) is 5.96 Å². The van der Waals surface area contributed by atoms with Gasteiger partial charge in [-0.3, -0.25) is 4.90 Å².